The highest BCUT2D eigenvalue weighted by Crippen LogP contribution is 2.17. The number of carbonyl (C=O) groups is 1. The number of nitrogens with zero attached hydrogens (tertiary/aromatic N) is 4. The van der Waals surface area contributed by atoms with Crippen molar-refractivity contribution in [2.24, 2.45) is 0 Å². The highest BCUT2D eigenvalue weighted by Gasteiger charge is 2.16. The second kappa shape index (κ2) is 6.81. The molecular formula is C16H15N5O3S. The molecule has 1 aromatic carbocycles. The number of amides is 1. The third-order valence-corrected chi connectivity index (χ3v) is 4.37. The summed E-state index contributed by atoms with van der Waals surface area (Å²) < 4.78 is 1.50. The van der Waals surface area contributed by atoms with E-state index in [0.717, 1.165) is 10.7 Å². The molecule has 1 atom stereocenters. The number of hydrogen-bond acceptors (Lipinski definition) is 6. The number of nitro benzene ring substituents is 1. The maximum absolute atomic E-state index is 12.3. The predicted octanol–water partition coefficient (Wildman–Crippen LogP) is 3.04. The fourth-order valence-corrected chi connectivity index (χ4v) is 2.95. The number of rotatable bonds is 5. The van der Waals surface area contributed by atoms with Gasteiger partial charge < -0.3 is 5.32 Å². The Morgan fingerprint density at radius 1 is 1.32 bits per heavy atom. The first-order valence-corrected chi connectivity index (χ1v) is 8.35. The van der Waals surface area contributed by atoms with Crippen LogP contribution in [-0.4, -0.2) is 25.6 Å². The van der Waals surface area contributed by atoms with Gasteiger partial charge >= 0.3 is 0 Å². The van der Waals surface area contributed by atoms with Gasteiger partial charge in [0.05, 0.1) is 27.4 Å². The molecule has 8 nitrogen and oxygen atoms in total. The lowest BCUT2D eigenvalue weighted by Gasteiger charge is -2.10. The van der Waals surface area contributed by atoms with Crippen molar-refractivity contribution in [3.05, 3.63) is 68.4 Å². The zero-order chi connectivity index (χ0) is 18.0. The average Bonchev–Trinajstić information content (AvgIpc) is 3.24. The summed E-state index contributed by atoms with van der Waals surface area (Å²) in [6, 6.07) is 7.31. The molecule has 1 N–H and O–H groups in total. The molecule has 0 fully saturated rings. The summed E-state index contributed by atoms with van der Waals surface area (Å²) in [7, 11) is 0. The van der Waals surface area contributed by atoms with Crippen molar-refractivity contribution in [2.45, 2.75) is 19.9 Å². The number of non-ortho nitro benzene ring substituents is 1. The zero-order valence-electron chi connectivity index (χ0n) is 13.5. The van der Waals surface area contributed by atoms with Crippen LogP contribution in [0.4, 0.5) is 5.69 Å². The van der Waals surface area contributed by atoms with Crippen LogP contribution in [0.5, 0.6) is 0 Å². The van der Waals surface area contributed by atoms with E-state index in [2.05, 4.69) is 15.4 Å². The first kappa shape index (κ1) is 16.8. The molecule has 1 amide bonds. The maximum Gasteiger partial charge on any atom is 0.272 e. The zero-order valence-corrected chi connectivity index (χ0v) is 14.4. The Bertz CT molecular complexity index is 916. The lowest BCUT2D eigenvalue weighted by Crippen LogP contribution is -2.27. The second-order valence-corrected chi connectivity index (χ2v) is 6.47. The number of benzene rings is 1. The standard InChI is InChI=1S/C16H15N5O3S/c1-10(15-9-25-11(2)18-15)17-16(22)14-7-8-20(19-14)12-3-5-13(6-4-12)21(23)24/h3-10H,1-2H3,(H,17,22). The molecule has 0 bridgehead atoms. The third kappa shape index (κ3) is 3.72. The molecule has 2 aromatic heterocycles. The molecule has 0 aliphatic carbocycles. The molecule has 0 spiro atoms. The topological polar surface area (TPSA) is 103 Å². The van der Waals surface area contributed by atoms with Crippen molar-refractivity contribution in [1.29, 1.82) is 0 Å². The Morgan fingerprint density at radius 2 is 2.04 bits per heavy atom. The Labute approximate surface area is 147 Å². The smallest absolute Gasteiger partial charge is 0.272 e. The number of nitrogens with one attached hydrogen (secondary N) is 1. The molecule has 9 heteroatoms. The number of nitro groups is 1. The highest BCUT2D eigenvalue weighted by atomic mass is 32.1. The molecular weight excluding hydrogens is 342 g/mol. The van der Waals surface area contributed by atoms with Gasteiger partial charge in [0.1, 0.15) is 0 Å². The van der Waals surface area contributed by atoms with Gasteiger partial charge in [0, 0.05) is 23.7 Å². The molecule has 2 heterocycles. The third-order valence-electron chi connectivity index (χ3n) is 3.57. The quantitative estimate of drug-likeness (QED) is 0.558. The highest BCUT2D eigenvalue weighted by molar-refractivity contribution is 7.09. The normalized spacial score (nSPS) is 11.9. The van der Waals surface area contributed by atoms with Gasteiger partial charge in [-0.3, -0.25) is 14.9 Å². The van der Waals surface area contributed by atoms with E-state index >= 15 is 0 Å². The van der Waals surface area contributed by atoms with Crippen LogP contribution >= 0.6 is 11.3 Å². The number of thiazole rings is 1. The number of aromatic nitrogens is 3. The van der Waals surface area contributed by atoms with Crippen LogP contribution in [-0.2, 0) is 0 Å². The van der Waals surface area contributed by atoms with Crippen molar-refractivity contribution in [1.82, 2.24) is 20.1 Å². The molecule has 0 saturated carbocycles. The fraction of sp³-hybridized carbons (Fsp3) is 0.188. The lowest BCUT2D eigenvalue weighted by molar-refractivity contribution is -0.384. The summed E-state index contributed by atoms with van der Waals surface area (Å²) in [4.78, 5) is 26.9. The van der Waals surface area contributed by atoms with E-state index in [-0.39, 0.29) is 23.3 Å². The Kier molecular flexibility index (Phi) is 4.57. The first-order chi connectivity index (χ1) is 11.9. The second-order valence-electron chi connectivity index (χ2n) is 5.41. The minimum atomic E-state index is -0.465. The van der Waals surface area contributed by atoms with Crippen LogP contribution in [0.1, 0.15) is 34.2 Å². The summed E-state index contributed by atoms with van der Waals surface area (Å²) in [5.41, 5.74) is 1.71. The van der Waals surface area contributed by atoms with Gasteiger partial charge in [0.25, 0.3) is 11.6 Å². The van der Waals surface area contributed by atoms with E-state index < -0.39 is 4.92 Å². The predicted molar refractivity (Wildman–Crippen MR) is 93.0 cm³/mol. The van der Waals surface area contributed by atoms with Crippen molar-refractivity contribution in [3.8, 4) is 5.69 Å². The van der Waals surface area contributed by atoms with Crippen molar-refractivity contribution in [3.63, 3.8) is 0 Å². The molecule has 0 saturated heterocycles. The van der Waals surface area contributed by atoms with Crippen molar-refractivity contribution in [2.75, 3.05) is 0 Å². The Balaban J connectivity index is 1.72. The molecule has 0 aliphatic rings. The van der Waals surface area contributed by atoms with E-state index in [1.165, 1.54) is 28.2 Å². The summed E-state index contributed by atoms with van der Waals surface area (Å²) in [6.07, 6.45) is 1.63. The average molecular weight is 357 g/mol. The summed E-state index contributed by atoms with van der Waals surface area (Å²) >= 11 is 1.53. The minimum absolute atomic E-state index is 0.00116. The van der Waals surface area contributed by atoms with Crippen LogP contribution in [0.25, 0.3) is 5.69 Å². The molecule has 3 aromatic rings. The number of hydrogen-bond donors (Lipinski definition) is 1. The van der Waals surface area contributed by atoms with Gasteiger partial charge in [-0.2, -0.15) is 5.10 Å². The van der Waals surface area contributed by atoms with Gasteiger partial charge in [-0.1, -0.05) is 0 Å². The van der Waals surface area contributed by atoms with Gasteiger partial charge in [0.2, 0.25) is 0 Å². The summed E-state index contributed by atoms with van der Waals surface area (Å²) in [5.74, 6) is -0.307. The van der Waals surface area contributed by atoms with Gasteiger partial charge in [-0.25, -0.2) is 9.67 Å². The number of carbonyl (C=O) groups excluding carboxylic acids is 1. The molecule has 1 unspecified atom stereocenters. The molecule has 0 radical (unpaired) electrons. The van der Waals surface area contributed by atoms with Crippen LogP contribution in [0.3, 0.4) is 0 Å². The molecule has 0 aliphatic heterocycles. The lowest BCUT2D eigenvalue weighted by atomic mass is 10.2. The fourth-order valence-electron chi connectivity index (χ4n) is 2.24. The van der Waals surface area contributed by atoms with Gasteiger partial charge in [0.15, 0.2) is 5.69 Å². The molecule has 3 rings (SSSR count). The van der Waals surface area contributed by atoms with Crippen LogP contribution < -0.4 is 5.32 Å². The van der Waals surface area contributed by atoms with Gasteiger partial charge in [-0.05, 0) is 32.0 Å². The van der Waals surface area contributed by atoms with Gasteiger partial charge in [-0.15, -0.1) is 11.3 Å². The molecule has 25 heavy (non-hydrogen) atoms. The van der Waals surface area contributed by atoms with Crippen LogP contribution in [0.2, 0.25) is 0 Å². The van der Waals surface area contributed by atoms with E-state index in [9.17, 15) is 14.9 Å². The van der Waals surface area contributed by atoms with Crippen molar-refractivity contribution < 1.29 is 9.72 Å². The van der Waals surface area contributed by atoms with E-state index in [1.807, 2.05) is 19.2 Å². The molecule has 128 valence electrons. The van der Waals surface area contributed by atoms with Crippen LogP contribution in [0, 0.1) is 17.0 Å². The van der Waals surface area contributed by atoms with Crippen molar-refractivity contribution >= 4 is 22.9 Å². The van der Waals surface area contributed by atoms with Crippen LogP contribution in [0.15, 0.2) is 41.9 Å². The SMILES string of the molecule is Cc1nc(C(C)NC(=O)c2ccn(-c3ccc([N+](=O)[O-])cc3)n2)cs1. The summed E-state index contributed by atoms with van der Waals surface area (Å²) in [5, 5.41) is 20.6. The van der Waals surface area contributed by atoms with E-state index in [4.69, 9.17) is 0 Å². The Hall–Kier alpha value is -3.07. The number of aryl methyl sites for hydroxylation is 1. The summed E-state index contributed by atoms with van der Waals surface area (Å²) in [6.45, 7) is 3.77. The minimum Gasteiger partial charge on any atom is -0.343 e. The monoisotopic (exact) mass is 357 g/mol. The largest absolute Gasteiger partial charge is 0.343 e. The first-order valence-electron chi connectivity index (χ1n) is 7.47. The Morgan fingerprint density at radius 3 is 2.64 bits per heavy atom. The van der Waals surface area contributed by atoms with E-state index in [1.54, 1.807) is 24.4 Å². The van der Waals surface area contributed by atoms with E-state index in [0.29, 0.717) is 5.69 Å². The maximum atomic E-state index is 12.3.